The quantitative estimate of drug-likeness (QED) is 0.700. The Morgan fingerprint density at radius 3 is 2.43 bits per heavy atom. The number of hydrogen-bond donors (Lipinski definition) is 1. The van der Waals surface area contributed by atoms with Crippen LogP contribution < -0.4 is 5.73 Å². The molecule has 1 atom stereocenters. The largest absolute Gasteiger partial charge is 0.329 e. The first-order chi connectivity index (χ1) is 6.77. The minimum atomic E-state index is 0.309. The Labute approximate surface area is 87.2 Å². The molecule has 2 rings (SSSR count). The lowest BCUT2D eigenvalue weighted by Crippen LogP contribution is -2.61. The van der Waals surface area contributed by atoms with Crippen LogP contribution in [0.15, 0.2) is 0 Å². The number of likely N-dealkylation sites (tertiary alicyclic amines) is 2. The van der Waals surface area contributed by atoms with Crippen LogP contribution in [0.2, 0.25) is 0 Å². The second kappa shape index (κ2) is 4.17. The van der Waals surface area contributed by atoms with Gasteiger partial charge in [0.05, 0.1) is 0 Å². The molecular weight excluding hydrogens is 174 g/mol. The highest BCUT2D eigenvalue weighted by Gasteiger charge is 2.39. The summed E-state index contributed by atoms with van der Waals surface area (Å²) in [4.78, 5) is 5.08. The zero-order chi connectivity index (χ0) is 10.0. The van der Waals surface area contributed by atoms with Crippen LogP contribution in [0.5, 0.6) is 0 Å². The average molecular weight is 197 g/mol. The molecule has 2 aliphatic rings. The van der Waals surface area contributed by atoms with Crippen molar-refractivity contribution in [3.63, 3.8) is 0 Å². The SMILES string of the molecule is CN1CCCC(CN)(N2CCCC2)C1. The molecule has 1 unspecified atom stereocenters. The maximum Gasteiger partial charge on any atom is 0.0458 e. The van der Waals surface area contributed by atoms with Crippen molar-refractivity contribution in [2.75, 3.05) is 39.8 Å². The second-order valence-corrected chi connectivity index (χ2v) is 4.96. The van der Waals surface area contributed by atoms with Gasteiger partial charge in [0.2, 0.25) is 0 Å². The Balaban J connectivity index is 2.06. The number of piperidine rings is 1. The number of likely N-dealkylation sites (N-methyl/N-ethyl adjacent to an activating group) is 1. The lowest BCUT2D eigenvalue weighted by atomic mass is 9.87. The maximum absolute atomic E-state index is 6.01. The standard InChI is InChI=1S/C11H23N3/c1-13-6-4-5-11(9-12,10-13)14-7-2-3-8-14/h2-10,12H2,1H3. The molecule has 0 aromatic heterocycles. The summed E-state index contributed by atoms with van der Waals surface area (Å²) >= 11 is 0. The van der Waals surface area contributed by atoms with Gasteiger partial charge in [0.25, 0.3) is 0 Å². The fourth-order valence-corrected chi connectivity index (χ4v) is 3.08. The maximum atomic E-state index is 6.01. The lowest BCUT2D eigenvalue weighted by Gasteiger charge is -2.47. The van der Waals surface area contributed by atoms with Crippen LogP contribution in [-0.2, 0) is 0 Å². The first-order valence-electron chi connectivity index (χ1n) is 5.90. The second-order valence-electron chi connectivity index (χ2n) is 4.96. The van der Waals surface area contributed by atoms with E-state index in [9.17, 15) is 0 Å². The minimum absolute atomic E-state index is 0.309. The van der Waals surface area contributed by atoms with Gasteiger partial charge in [-0.3, -0.25) is 4.90 Å². The van der Waals surface area contributed by atoms with Crippen LogP contribution in [0.25, 0.3) is 0 Å². The first kappa shape index (κ1) is 10.4. The van der Waals surface area contributed by atoms with E-state index in [4.69, 9.17) is 5.73 Å². The number of nitrogens with two attached hydrogens (primary N) is 1. The van der Waals surface area contributed by atoms with Crippen molar-refractivity contribution in [1.29, 1.82) is 0 Å². The van der Waals surface area contributed by atoms with Gasteiger partial charge in [0, 0.05) is 18.6 Å². The summed E-state index contributed by atoms with van der Waals surface area (Å²) in [5, 5.41) is 0. The molecule has 0 spiro atoms. The predicted molar refractivity (Wildman–Crippen MR) is 59.3 cm³/mol. The van der Waals surface area contributed by atoms with Gasteiger partial charge in [0.1, 0.15) is 0 Å². The summed E-state index contributed by atoms with van der Waals surface area (Å²) in [7, 11) is 2.22. The molecule has 0 aromatic carbocycles. The van der Waals surface area contributed by atoms with Gasteiger partial charge in [-0.2, -0.15) is 0 Å². The van der Waals surface area contributed by atoms with Gasteiger partial charge in [-0.05, 0) is 52.4 Å². The van der Waals surface area contributed by atoms with Crippen molar-refractivity contribution in [3.05, 3.63) is 0 Å². The van der Waals surface area contributed by atoms with E-state index in [0.717, 1.165) is 6.54 Å². The molecule has 0 saturated carbocycles. The number of hydrogen-bond acceptors (Lipinski definition) is 3. The van der Waals surface area contributed by atoms with Gasteiger partial charge < -0.3 is 10.6 Å². The van der Waals surface area contributed by atoms with E-state index < -0.39 is 0 Å². The fourth-order valence-electron chi connectivity index (χ4n) is 3.08. The van der Waals surface area contributed by atoms with Crippen molar-refractivity contribution in [1.82, 2.24) is 9.80 Å². The molecule has 0 aliphatic carbocycles. The van der Waals surface area contributed by atoms with Gasteiger partial charge in [-0.15, -0.1) is 0 Å². The third-order valence-electron chi connectivity index (χ3n) is 3.90. The molecular formula is C11H23N3. The summed E-state index contributed by atoms with van der Waals surface area (Å²) in [5.41, 5.74) is 6.32. The summed E-state index contributed by atoms with van der Waals surface area (Å²) < 4.78 is 0. The highest BCUT2D eigenvalue weighted by Crippen LogP contribution is 2.29. The smallest absolute Gasteiger partial charge is 0.0458 e. The third kappa shape index (κ3) is 1.81. The Morgan fingerprint density at radius 2 is 1.86 bits per heavy atom. The molecule has 0 radical (unpaired) electrons. The van der Waals surface area contributed by atoms with Crippen molar-refractivity contribution in [2.45, 2.75) is 31.2 Å². The van der Waals surface area contributed by atoms with Crippen LogP contribution in [0, 0.1) is 0 Å². The summed E-state index contributed by atoms with van der Waals surface area (Å²) in [6.07, 6.45) is 5.34. The van der Waals surface area contributed by atoms with Gasteiger partial charge in [0.15, 0.2) is 0 Å². The van der Waals surface area contributed by atoms with Crippen molar-refractivity contribution in [2.24, 2.45) is 5.73 Å². The third-order valence-corrected chi connectivity index (χ3v) is 3.90. The Morgan fingerprint density at radius 1 is 1.14 bits per heavy atom. The average Bonchev–Trinajstić information content (AvgIpc) is 2.71. The number of nitrogens with zero attached hydrogens (tertiary/aromatic N) is 2. The van der Waals surface area contributed by atoms with Crippen LogP contribution in [-0.4, -0.2) is 55.1 Å². The van der Waals surface area contributed by atoms with Crippen LogP contribution in [0.1, 0.15) is 25.7 Å². The van der Waals surface area contributed by atoms with Crippen molar-refractivity contribution in [3.8, 4) is 0 Å². The van der Waals surface area contributed by atoms with E-state index >= 15 is 0 Å². The Bertz CT molecular complexity index is 189. The molecule has 3 nitrogen and oxygen atoms in total. The molecule has 2 fully saturated rings. The van der Waals surface area contributed by atoms with Crippen molar-refractivity contribution < 1.29 is 0 Å². The fraction of sp³-hybridized carbons (Fsp3) is 1.00. The molecule has 0 aromatic rings. The zero-order valence-electron chi connectivity index (χ0n) is 9.34. The first-order valence-corrected chi connectivity index (χ1v) is 5.90. The molecule has 82 valence electrons. The Hall–Kier alpha value is -0.120. The topological polar surface area (TPSA) is 32.5 Å². The molecule has 0 amide bonds. The normalized spacial score (nSPS) is 36.4. The predicted octanol–water partition coefficient (Wildman–Crippen LogP) is 0.505. The lowest BCUT2D eigenvalue weighted by molar-refractivity contribution is 0.0434. The van der Waals surface area contributed by atoms with Crippen LogP contribution >= 0.6 is 0 Å². The summed E-state index contributed by atoms with van der Waals surface area (Å²) in [6.45, 7) is 5.78. The van der Waals surface area contributed by atoms with Gasteiger partial charge in [-0.25, -0.2) is 0 Å². The van der Waals surface area contributed by atoms with E-state index in [-0.39, 0.29) is 0 Å². The number of rotatable bonds is 2. The summed E-state index contributed by atoms with van der Waals surface area (Å²) in [6, 6.07) is 0. The highest BCUT2D eigenvalue weighted by atomic mass is 15.3. The van der Waals surface area contributed by atoms with E-state index in [1.54, 1.807) is 0 Å². The van der Waals surface area contributed by atoms with E-state index in [0.29, 0.717) is 5.54 Å². The van der Waals surface area contributed by atoms with Crippen LogP contribution in [0.4, 0.5) is 0 Å². The zero-order valence-corrected chi connectivity index (χ0v) is 9.34. The Kier molecular flexibility index (Phi) is 3.10. The van der Waals surface area contributed by atoms with E-state index in [1.165, 1.54) is 51.9 Å². The molecule has 14 heavy (non-hydrogen) atoms. The molecule has 2 aliphatic heterocycles. The van der Waals surface area contributed by atoms with Gasteiger partial charge >= 0.3 is 0 Å². The molecule has 2 N–H and O–H groups in total. The molecule has 3 heteroatoms. The van der Waals surface area contributed by atoms with Crippen LogP contribution in [0.3, 0.4) is 0 Å². The molecule has 0 bridgehead atoms. The van der Waals surface area contributed by atoms with E-state index in [2.05, 4.69) is 16.8 Å². The highest BCUT2D eigenvalue weighted by molar-refractivity contribution is 4.98. The van der Waals surface area contributed by atoms with Gasteiger partial charge in [-0.1, -0.05) is 0 Å². The summed E-state index contributed by atoms with van der Waals surface area (Å²) in [5.74, 6) is 0. The van der Waals surface area contributed by atoms with Crippen molar-refractivity contribution >= 4 is 0 Å². The molecule has 2 heterocycles. The monoisotopic (exact) mass is 197 g/mol. The molecule has 2 saturated heterocycles. The minimum Gasteiger partial charge on any atom is -0.329 e. The van der Waals surface area contributed by atoms with E-state index in [1.807, 2.05) is 0 Å².